The third kappa shape index (κ3) is 5.31. The van der Waals surface area contributed by atoms with Gasteiger partial charge in [-0.25, -0.2) is 4.39 Å². The summed E-state index contributed by atoms with van der Waals surface area (Å²) in [6.07, 6.45) is 0.773. The van der Waals surface area contributed by atoms with E-state index >= 15 is 0 Å². The van der Waals surface area contributed by atoms with E-state index in [9.17, 15) is 4.39 Å². The Morgan fingerprint density at radius 3 is 1.85 bits per heavy atom. The molecular formula is C26H27F. The molecule has 0 heterocycles. The van der Waals surface area contributed by atoms with E-state index in [4.69, 9.17) is 0 Å². The van der Waals surface area contributed by atoms with Crippen LogP contribution in [0.5, 0.6) is 0 Å². The van der Waals surface area contributed by atoms with Crippen LogP contribution in [-0.2, 0) is 6.42 Å². The summed E-state index contributed by atoms with van der Waals surface area (Å²) in [6, 6.07) is 20.1. The Labute approximate surface area is 163 Å². The monoisotopic (exact) mass is 358 g/mol. The first-order chi connectivity index (χ1) is 13.1. The summed E-state index contributed by atoms with van der Waals surface area (Å²) in [6.45, 7) is 10.0. The molecule has 0 aliphatic carbocycles. The van der Waals surface area contributed by atoms with Gasteiger partial charge < -0.3 is 0 Å². The van der Waals surface area contributed by atoms with Crippen molar-refractivity contribution in [2.24, 2.45) is 0 Å². The first-order valence-electron chi connectivity index (χ1n) is 9.55. The van der Waals surface area contributed by atoms with Gasteiger partial charge in [0.2, 0.25) is 0 Å². The molecule has 0 aromatic heterocycles. The Kier molecular flexibility index (Phi) is 7.38. The second kappa shape index (κ2) is 9.74. The lowest BCUT2D eigenvalue weighted by Crippen LogP contribution is -1.94. The molecule has 3 rings (SSSR count). The van der Waals surface area contributed by atoms with E-state index in [1.54, 1.807) is 6.07 Å². The molecule has 3 aromatic carbocycles. The van der Waals surface area contributed by atoms with Gasteiger partial charge in [-0.2, -0.15) is 0 Å². The van der Waals surface area contributed by atoms with Crippen LogP contribution in [0.25, 0.3) is 11.1 Å². The van der Waals surface area contributed by atoms with Gasteiger partial charge in [0.25, 0.3) is 0 Å². The highest BCUT2D eigenvalue weighted by atomic mass is 19.1. The van der Waals surface area contributed by atoms with Crippen LogP contribution >= 0.6 is 0 Å². The fraction of sp³-hybridized carbons (Fsp3) is 0.231. The Hall–Kier alpha value is -2.85. The second-order valence-corrected chi connectivity index (χ2v) is 6.33. The van der Waals surface area contributed by atoms with Crippen molar-refractivity contribution in [2.75, 3.05) is 0 Å². The van der Waals surface area contributed by atoms with Crippen LogP contribution in [0.2, 0.25) is 0 Å². The average molecular weight is 358 g/mol. The Balaban J connectivity index is 0.00000126. The summed E-state index contributed by atoms with van der Waals surface area (Å²) in [5.74, 6) is 5.88. The topological polar surface area (TPSA) is 0 Å². The van der Waals surface area contributed by atoms with Crippen molar-refractivity contribution >= 4 is 0 Å². The quantitative estimate of drug-likeness (QED) is 0.429. The lowest BCUT2D eigenvalue weighted by molar-refractivity contribution is 0.620. The highest BCUT2D eigenvalue weighted by Gasteiger charge is 2.06. The lowest BCUT2D eigenvalue weighted by Gasteiger charge is -2.05. The molecule has 0 atom stereocenters. The molecule has 0 bridgehead atoms. The molecule has 0 radical (unpaired) electrons. The Morgan fingerprint density at radius 1 is 0.741 bits per heavy atom. The van der Waals surface area contributed by atoms with Gasteiger partial charge in [-0.15, -0.1) is 0 Å². The number of hydrogen-bond donors (Lipinski definition) is 0. The van der Waals surface area contributed by atoms with E-state index in [-0.39, 0.29) is 5.82 Å². The molecule has 0 unspecified atom stereocenters. The van der Waals surface area contributed by atoms with E-state index in [0.29, 0.717) is 5.56 Å². The summed E-state index contributed by atoms with van der Waals surface area (Å²) < 4.78 is 14.2. The highest BCUT2D eigenvalue weighted by Crippen LogP contribution is 2.20. The first-order valence-corrected chi connectivity index (χ1v) is 9.55. The molecule has 0 fully saturated rings. The van der Waals surface area contributed by atoms with Gasteiger partial charge >= 0.3 is 0 Å². The Morgan fingerprint density at radius 2 is 1.30 bits per heavy atom. The number of rotatable bonds is 2. The third-order valence-electron chi connectivity index (χ3n) is 4.30. The average Bonchev–Trinajstić information content (AvgIpc) is 2.69. The van der Waals surface area contributed by atoms with Gasteiger partial charge in [0.05, 0.1) is 5.56 Å². The van der Waals surface area contributed by atoms with Crippen molar-refractivity contribution in [1.82, 2.24) is 0 Å². The molecule has 0 saturated heterocycles. The zero-order valence-corrected chi connectivity index (χ0v) is 16.9. The maximum atomic E-state index is 14.2. The minimum absolute atomic E-state index is 0.236. The molecular weight excluding hydrogens is 331 g/mol. The van der Waals surface area contributed by atoms with Gasteiger partial charge in [-0.05, 0) is 60.7 Å². The molecule has 0 aliphatic heterocycles. The predicted molar refractivity (Wildman–Crippen MR) is 114 cm³/mol. The largest absolute Gasteiger partial charge is 0.206 e. The van der Waals surface area contributed by atoms with E-state index in [1.807, 2.05) is 45.9 Å². The molecule has 3 aromatic rings. The maximum Gasteiger partial charge on any atom is 0.139 e. The van der Waals surface area contributed by atoms with E-state index in [2.05, 4.69) is 55.2 Å². The minimum Gasteiger partial charge on any atom is -0.206 e. The van der Waals surface area contributed by atoms with E-state index < -0.39 is 0 Å². The minimum atomic E-state index is -0.236. The van der Waals surface area contributed by atoms with Gasteiger partial charge in [0.15, 0.2) is 0 Å². The third-order valence-corrected chi connectivity index (χ3v) is 4.30. The number of benzene rings is 3. The maximum absolute atomic E-state index is 14.2. The van der Waals surface area contributed by atoms with Gasteiger partial charge in [0.1, 0.15) is 5.82 Å². The normalized spacial score (nSPS) is 9.70. The molecule has 0 aliphatic rings. The van der Waals surface area contributed by atoms with Crippen molar-refractivity contribution < 1.29 is 4.39 Å². The first kappa shape index (κ1) is 20.5. The molecule has 0 N–H and O–H groups in total. The van der Waals surface area contributed by atoms with Gasteiger partial charge in [0, 0.05) is 5.56 Å². The predicted octanol–water partition coefficient (Wildman–Crippen LogP) is 7.10. The van der Waals surface area contributed by atoms with Crippen LogP contribution in [0.1, 0.15) is 48.6 Å². The number of aryl methyl sites for hydroxylation is 3. The highest BCUT2D eigenvalue weighted by molar-refractivity contribution is 5.64. The van der Waals surface area contributed by atoms with Gasteiger partial charge in [-0.1, -0.05) is 80.6 Å². The van der Waals surface area contributed by atoms with Crippen LogP contribution in [-0.4, -0.2) is 0 Å². The summed E-state index contributed by atoms with van der Waals surface area (Å²) in [4.78, 5) is 0. The standard InChI is InChI=1S/C24H21F.C2H6/c1-4-20-15-18(3)16-24(25)23(20)14-9-19-7-12-22(13-8-19)21-10-5-17(2)6-11-21;1-2/h5-8,10-13,15-16H,4H2,1-3H3;1-2H3. The fourth-order valence-electron chi connectivity index (χ4n) is 2.86. The Bertz CT molecular complexity index is 936. The van der Waals surface area contributed by atoms with Crippen molar-refractivity contribution in [3.8, 4) is 23.0 Å². The van der Waals surface area contributed by atoms with Crippen LogP contribution in [0.3, 0.4) is 0 Å². The van der Waals surface area contributed by atoms with Gasteiger partial charge in [-0.3, -0.25) is 0 Å². The zero-order chi connectivity index (χ0) is 19.8. The van der Waals surface area contributed by atoms with Crippen LogP contribution in [0.4, 0.5) is 4.39 Å². The fourth-order valence-corrected chi connectivity index (χ4v) is 2.86. The smallest absolute Gasteiger partial charge is 0.139 e. The number of halogens is 1. The van der Waals surface area contributed by atoms with E-state index in [1.165, 1.54) is 11.1 Å². The SMILES string of the molecule is CC.CCc1cc(C)cc(F)c1C#Cc1ccc(-c2ccc(C)cc2)cc1. The molecule has 27 heavy (non-hydrogen) atoms. The van der Waals surface area contributed by atoms with Crippen molar-refractivity contribution in [2.45, 2.75) is 41.0 Å². The van der Waals surface area contributed by atoms with Crippen molar-refractivity contribution in [3.63, 3.8) is 0 Å². The molecule has 138 valence electrons. The molecule has 0 nitrogen and oxygen atoms in total. The summed E-state index contributed by atoms with van der Waals surface area (Å²) in [5, 5.41) is 0. The summed E-state index contributed by atoms with van der Waals surface area (Å²) in [5.41, 5.74) is 6.87. The molecule has 1 heteroatoms. The van der Waals surface area contributed by atoms with Crippen LogP contribution in [0.15, 0.2) is 60.7 Å². The molecule has 0 spiro atoms. The second-order valence-electron chi connectivity index (χ2n) is 6.33. The summed E-state index contributed by atoms with van der Waals surface area (Å²) >= 11 is 0. The van der Waals surface area contributed by atoms with Crippen LogP contribution < -0.4 is 0 Å². The summed E-state index contributed by atoms with van der Waals surface area (Å²) in [7, 11) is 0. The van der Waals surface area contributed by atoms with Crippen molar-refractivity contribution in [3.05, 3.63) is 94.3 Å². The van der Waals surface area contributed by atoms with Crippen LogP contribution in [0, 0.1) is 31.5 Å². The van der Waals surface area contributed by atoms with Crippen molar-refractivity contribution in [1.29, 1.82) is 0 Å². The number of hydrogen-bond acceptors (Lipinski definition) is 0. The zero-order valence-electron chi connectivity index (χ0n) is 16.9. The van der Waals surface area contributed by atoms with E-state index in [0.717, 1.165) is 28.7 Å². The molecule has 0 amide bonds. The molecule has 0 saturated carbocycles. The lowest BCUT2D eigenvalue weighted by atomic mass is 10.0.